The monoisotopic (exact) mass is 430 g/mol. The average molecular weight is 431 g/mol. The van der Waals surface area contributed by atoms with E-state index in [1.807, 2.05) is 38.1 Å². The molecule has 2 atom stereocenters. The molecule has 1 saturated heterocycles. The molecule has 4 amide bonds. The van der Waals surface area contributed by atoms with Crippen LogP contribution in [-0.2, 0) is 16.8 Å². The highest BCUT2D eigenvalue weighted by Crippen LogP contribution is 2.45. The van der Waals surface area contributed by atoms with E-state index in [2.05, 4.69) is 10.3 Å². The Bertz CT molecular complexity index is 1260. The third-order valence-corrected chi connectivity index (χ3v) is 6.85. The fourth-order valence-electron chi connectivity index (χ4n) is 4.87. The van der Waals surface area contributed by atoms with Crippen molar-refractivity contribution in [2.45, 2.75) is 45.2 Å². The van der Waals surface area contributed by atoms with E-state index in [4.69, 9.17) is 0 Å². The Balaban J connectivity index is 1.61. The van der Waals surface area contributed by atoms with Crippen LogP contribution < -0.4 is 10.2 Å². The lowest BCUT2D eigenvalue weighted by molar-refractivity contribution is -0.125. The molecule has 7 heteroatoms. The number of anilines is 1. The van der Waals surface area contributed by atoms with Crippen molar-refractivity contribution in [2.75, 3.05) is 11.4 Å². The number of hydrogen-bond acceptors (Lipinski definition) is 3. The maximum absolute atomic E-state index is 13.9. The summed E-state index contributed by atoms with van der Waals surface area (Å²) in [6.07, 6.45) is 1.45. The van der Waals surface area contributed by atoms with Crippen LogP contribution in [0.5, 0.6) is 0 Å². The summed E-state index contributed by atoms with van der Waals surface area (Å²) < 4.78 is 0. The minimum absolute atomic E-state index is 0.0155. The van der Waals surface area contributed by atoms with Crippen molar-refractivity contribution < 1.29 is 14.4 Å². The summed E-state index contributed by atoms with van der Waals surface area (Å²) in [5, 5.41) is 4.02. The van der Waals surface area contributed by atoms with Crippen molar-refractivity contribution in [2.24, 2.45) is 0 Å². The molecule has 2 aliphatic rings. The molecule has 7 nitrogen and oxygen atoms in total. The number of nitrogens with one attached hydrogen (secondary N) is 2. The zero-order valence-corrected chi connectivity index (χ0v) is 18.4. The first-order chi connectivity index (χ1) is 15.4. The van der Waals surface area contributed by atoms with Crippen molar-refractivity contribution in [3.8, 4) is 0 Å². The zero-order chi connectivity index (χ0) is 22.6. The number of hydrogen-bond donors (Lipinski definition) is 2. The van der Waals surface area contributed by atoms with Crippen LogP contribution in [0.25, 0.3) is 10.9 Å². The molecule has 5 rings (SSSR count). The molecule has 0 saturated carbocycles. The zero-order valence-electron chi connectivity index (χ0n) is 18.4. The van der Waals surface area contributed by atoms with Gasteiger partial charge in [0.05, 0.1) is 16.9 Å². The second-order valence-electron chi connectivity index (χ2n) is 8.72. The van der Waals surface area contributed by atoms with Gasteiger partial charge in [0.1, 0.15) is 0 Å². The number of rotatable bonds is 4. The summed E-state index contributed by atoms with van der Waals surface area (Å²) >= 11 is 0. The molecule has 1 aromatic heterocycles. The van der Waals surface area contributed by atoms with Gasteiger partial charge >= 0.3 is 6.03 Å². The largest absolute Gasteiger partial charge is 0.356 e. The number of carbonyl (C=O) groups is 3. The summed E-state index contributed by atoms with van der Waals surface area (Å²) in [4.78, 5) is 46.5. The fourth-order valence-corrected chi connectivity index (χ4v) is 4.87. The lowest BCUT2D eigenvalue weighted by Crippen LogP contribution is -2.49. The lowest BCUT2D eigenvalue weighted by atomic mass is 9.87. The predicted octanol–water partition coefficient (Wildman–Crippen LogP) is 3.94. The molecule has 2 aliphatic heterocycles. The average Bonchev–Trinajstić information content (AvgIpc) is 3.27. The third kappa shape index (κ3) is 2.70. The molecule has 3 heterocycles. The van der Waals surface area contributed by atoms with Gasteiger partial charge in [-0.25, -0.2) is 9.69 Å². The van der Waals surface area contributed by atoms with E-state index in [1.165, 1.54) is 4.90 Å². The number of benzene rings is 2. The van der Waals surface area contributed by atoms with Gasteiger partial charge in [0, 0.05) is 23.5 Å². The van der Waals surface area contributed by atoms with Crippen LogP contribution in [0.4, 0.5) is 10.5 Å². The van der Waals surface area contributed by atoms with Crippen LogP contribution >= 0.6 is 0 Å². The third-order valence-electron chi connectivity index (χ3n) is 6.85. The van der Waals surface area contributed by atoms with Gasteiger partial charge in [-0.15, -0.1) is 0 Å². The predicted molar refractivity (Wildman–Crippen MR) is 123 cm³/mol. The number of H-pyrrole nitrogens is 1. The maximum Gasteiger partial charge on any atom is 0.332 e. The molecule has 0 spiro atoms. The van der Waals surface area contributed by atoms with E-state index in [0.29, 0.717) is 24.2 Å². The minimum atomic E-state index is -1.15. The van der Waals surface area contributed by atoms with Crippen LogP contribution in [0.2, 0.25) is 0 Å². The highest BCUT2D eigenvalue weighted by atomic mass is 16.2. The van der Waals surface area contributed by atoms with E-state index < -0.39 is 11.6 Å². The normalized spacial score (nSPS) is 21.0. The molecule has 164 valence electrons. The second kappa shape index (κ2) is 7.22. The smallest absolute Gasteiger partial charge is 0.332 e. The molecule has 1 fully saturated rings. The number of aromatic amines is 1. The first-order valence-electron chi connectivity index (χ1n) is 11.0. The van der Waals surface area contributed by atoms with E-state index in [1.54, 1.807) is 36.1 Å². The van der Waals surface area contributed by atoms with Crippen LogP contribution in [0.1, 0.15) is 48.8 Å². The Morgan fingerprint density at radius 3 is 2.66 bits per heavy atom. The highest BCUT2D eigenvalue weighted by molar-refractivity contribution is 6.25. The Morgan fingerprint density at radius 1 is 1.16 bits per heavy atom. The standard InChI is InChI=1S/C25H26N4O3/c1-4-15(2)26-22(30)18-10-6-8-12-20(18)29-23(31)25(3)21-17(13-14-28(25)24(29)32)16-9-5-7-11-19(16)27-21/h5-12,15,27H,4,13-14H2,1-3H3,(H,26,30). The molecule has 0 aliphatic carbocycles. The van der Waals surface area contributed by atoms with Crippen molar-refractivity contribution >= 4 is 34.4 Å². The van der Waals surface area contributed by atoms with Gasteiger partial charge in [-0.1, -0.05) is 37.3 Å². The molecule has 32 heavy (non-hydrogen) atoms. The van der Waals surface area contributed by atoms with Gasteiger partial charge in [-0.05, 0) is 50.5 Å². The van der Waals surface area contributed by atoms with Crippen LogP contribution in [0.15, 0.2) is 48.5 Å². The van der Waals surface area contributed by atoms with Crippen LogP contribution in [-0.4, -0.2) is 40.3 Å². The summed E-state index contributed by atoms with van der Waals surface area (Å²) in [7, 11) is 0. The quantitative estimate of drug-likeness (QED) is 0.615. The highest BCUT2D eigenvalue weighted by Gasteiger charge is 2.59. The number of para-hydroxylation sites is 2. The molecule has 2 aromatic carbocycles. The fraction of sp³-hybridized carbons (Fsp3) is 0.320. The van der Waals surface area contributed by atoms with E-state index >= 15 is 0 Å². The summed E-state index contributed by atoms with van der Waals surface area (Å²) in [5.41, 5.74) is 2.26. The minimum Gasteiger partial charge on any atom is -0.356 e. The molecule has 2 N–H and O–H groups in total. The molecule has 0 radical (unpaired) electrons. The summed E-state index contributed by atoms with van der Waals surface area (Å²) in [6, 6.07) is 14.3. The topological polar surface area (TPSA) is 85.5 Å². The van der Waals surface area contributed by atoms with E-state index in [-0.39, 0.29) is 17.9 Å². The van der Waals surface area contributed by atoms with Gasteiger partial charge < -0.3 is 15.2 Å². The van der Waals surface area contributed by atoms with Gasteiger partial charge in [0.2, 0.25) is 0 Å². The number of fused-ring (bicyclic) bond motifs is 5. The van der Waals surface area contributed by atoms with Gasteiger partial charge in [0.25, 0.3) is 11.8 Å². The lowest BCUT2D eigenvalue weighted by Gasteiger charge is -2.35. The first kappa shape index (κ1) is 20.3. The maximum atomic E-state index is 13.9. The van der Waals surface area contributed by atoms with Crippen LogP contribution in [0.3, 0.4) is 0 Å². The number of nitrogens with zero attached hydrogens (tertiary/aromatic N) is 2. The number of carbonyl (C=O) groups excluding carboxylic acids is 3. The number of urea groups is 1. The Kier molecular flexibility index (Phi) is 4.58. The molecular weight excluding hydrogens is 404 g/mol. The van der Waals surface area contributed by atoms with Crippen molar-refractivity contribution in [3.63, 3.8) is 0 Å². The van der Waals surface area contributed by atoms with Crippen molar-refractivity contribution in [1.29, 1.82) is 0 Å². The van der Waals surface area contributed by atoms with Crippen molar-refractivity contribution in [1.82, 2.24) is 15.2 Å². The SMILES string of the molecule is CCC(C)NC(=O)c1ccccc1N1C(=O)N2CCc3c([nH]c4ccccc34)C2(C)C1=O. The Labute approximate surface area is 186 Å². The first-order valence-corrected chi connectivity index (χ1v) is 11.0. The molecular formula is C25H26N4O3. The Morgan fingerprint density at radius 2 is 1.88 bits per heavy atom. The summed E-state index contributed by atoms with van der Waals surface area (Å²) in [6.45, 7) is 6.14. The van der Waals surface area contributed by atoms with Gasteiger partial charge in [0.15, 0.2) is 5.54 Å². The van der Waals surface area contributed by atoms with Crippen molar-refractivity contribution in [3.05, 3.63) is 65.4 Å². The second-order valence-corrected chi connectivity index (χ2v) is 8.72. The number of imide groups is 1. The van der Waals surface area contributed by atoms with E-state index in [0.717, 1.165) is 28.6 Å². The number of aromatic nitrogens is 1. The van der Waals surface area contributed by atoms with E-state index in [9.17, 15) is 14.4 Å². The van der Waals surface area contributed by atoms with Gasteiger partial charge in [-0.3, -0.25) is 9.59 Å². The summed E-state index contributed by atoms with van der Waals surface area (Å²) in [5.74, 6) is -0.643. The Hall–Kier alpha value is -3.61. The number of amides is 4. The van der Waals surface area contributed by atoms with Gasteiger partial charge in [-0.2, -0.15) is 0 Å². The molecule has 2 unspecified atom stereocenters. The molecule has 0 bridgehead atoms. The van der Waals surface area contributed by atoms with Crippen LogP contribution in [0, 0.1) is 0 Å². The molecule has 3 aromatic rings.